The van der Waals surface area contributed by atoms with Gasteiger partial charge >= 0.3 is 0 Å². The molecule has 0 unspecified atom stereocenters. The molecule has 0 aromatic carbocycles. The Kier molecular flexibility index (Phi) is 3.79. The number of aromatic nitrogens is 3. The van der Waals surface area contributed by atoms with Gasteiger partial charge in [0.25, 0.3) is 0 Å². The van der Waals surface area contributed by atoms with Crippen molar-refractivity contribution in [2.45, 2.75) is 26.6 Å². The van der Waals surface area contributed by atoms with E-state index < -0.39 is 0 Å². The molecule has 0 fully saturated rings. The molecule has 0 bridgehead atoms. The van der Waals surface area contributed by atoms with Crippen LogP contribution in [0, 0.1) is 0 Å². The molecule has 0 amide bonds. The summed E-state index contributed by atoms with van der Waals surface area (Å²) in [5.41, 5.74) is 8.27. The maximum atomic E-state index is 5.53. The van der Waals surface area contributed by atoms with Gasteiger partial charge in [-0.2, -0.15) is 0 Å². The van der Waals surface area contributed by atoms with Crippen LogP contribution in [0.2, 0.25) is 0 Å². The van der Waals surface area contributed by atoms with Gasteiger partial charge in [-0.15, -0.1) is 5.10 Å². The lowest BCUT2D eigenvalue weighted by atomic mass is 10.3. The average Bonchev–Trinajstić information content (AvgIpc) is 2.48. The van der Waals surface area contributed by atoms with Gasteiger partial charge in [-0.25, -0.2) is 4.68 Å². The summed E-state index contributed by atoms with van der Waals surface area (Å²) in [6, 6.07) is 0. The Morgan fingerprint density at radius 2 is 2.36 bits per heavy atom. The van der Waals surface area contributed by atoms with Crippen molar-refractivity contribution in [3.8, 4) is 0 Å². The summed E-state index contributed by atoms with van der Waals surface area (Å²) < 4.78 is 6.84. The van der Waals surface area contributed by atoms with Crippen LogP contribution in [0.15, 0.2) is 12.2 Å². The predicted molar refractivity (Wildman–Crippen MR) is 53.4 cm³/mol. The summed E-state index contributed by atoms with van der Waals surface area (Å²) in [5.74, 6) is 0. The van der Waals surface area contributed by atoms with Crippen LogP contribution in [0.5, 0.6) is 0 Å². The summed E-state index contributed by atoms with van der Waals surface area (Å²) >= 11 is 0. The summed E-state index contributed by atoms with van der Waals surface area (Å²) in [7, 11) is 1.64. The van der Waals surface area contributed by atoms with Gasteiger partial charge in [0.05, 0.1) is 18.8 Å². The molecule has 2 N–H and O–H groups in total. The van der Waals surface area contributed by atoms with E-state index in [2.05, 4.69) is 16.9 Å². The van der Waals surface area contributed by atoms with Gasteiger partial charge in [-0.3, -0.25) is 0 Å². The van der Waals surface area contributed by atoms with Gasteiger partial charge in [0, 0.05) is 13.7 Å². The number of allylic oxidation sites excluding steroid dienone is 1. The maximum absolute atomic E-state index is 5.53. The van der Waals surface area contributed by atoms with Crippen LogP contribution >= 0.6 is 0 Å². The van der Waals surface area contributed by atoms with Crippen LogP contribution in [0.3, 0.4) is 0 Å². The molecule has 78 valence electrons. The molecule has 1 aromatic rings. The average molecular weight is 196 g/mol. The standard InChI is InChI=1S/C9H16N4O/c1-7(2)5-13-9(6-14-3)8(4-10)11-12-13/h1,4-6,10H2,2-3H3. The molecule has 0 aliphatic carbocycles. The number of nitrogens with two attached hydrogens (primary N) is 1. The monoisotopic (exact) mass is 196 g/mol. The molecule has 5 heteroatoms. The fourth-order valence-electron chi connectivity index (χ4n) is 1.20. The summed E-state index contributed by atoms with van der Waals surface area (Å²) in [6.45, 7) is 7.29. The van der Waals surface area contributed by atoms with E-state index in [4.69, 9.17) is 10.5 Å². The molecule has 1 rings (SSSR count). The Morgan fingerprint density at radius 3 is 2.86 bits per heavy atom. The number of hydrogen-bond acceptors (Lipinski definition) is 4. The van der Waals surface area contributed by atoms with Gasteiger partial charge in [-0.05, 0) is 6.92 Å². The lowest BCUT2D eigenvalue weighted by Crippen LogP contribution is -2.09. The Bertz CT molecular complexity index is 319. The molecule has 0 saturated heterocycles. The summed E-state index contributed by atoms with van der Waals surface area (Å²) in [6.07, 6.45) is 0. The van der Waals surface area contributed by atoms with Gasteiger partial charge in [0.15, 0.2) is 0 Å². The zero-order valence-corrected chi connectivity index (χ0v) is 8.66. The van der Waals surface area contributed by atoms with Crippen LogP contribution < -0.4 is 5.73 Å². The molecule has 5 nitrogen and oxygen atoms in total. The van der Waals surface area contributed by atoms with E-state index in [-0.39, 0.29) is 0 Å². The highest BCUT2D eigenvalue weighted by molar-refractivity contribution is 5.10. The first-order valence-corrected chi connectivity index (χ1v) is 4.43. The second-order valence-corrected chi connectivity index (χ2v) is 3.23. The van der Waals surface area contributed by atoms with Crippen LogP contribution in [0.1, 0.15) is 18.3 Å². The van der Waals surface area contributed by atoms with E-state index >= 15 is 0 Å². The molecular formula is C9H16N4O. The molecule has 14 heavy (non-hydrogen) atoms. The number of methoxy groups -OCH3 is 1. The van der Waals surface area contributed by atoms with Crippen molar-refractivity contribution >= 4 is 0 Å². The van der Waals surface area contributed by atoms with E-state index in [1.165, 1.54) is 0 Å². The SMILES string of the molecule is C=C(C)Cn1nnc(CN)c1COC. The van der Waals surface area contributed by atoms with E-state index in [0.29, 0.717) is 19.7 Å². The van der Waals surface area contributed by atoms with Crippen molar-refractivity contribution in [3.05, 3.63) is 23.5 Å². The molecule has 0 aliphatic heterocycles. The Labute approximate surface area is 83.5 Å². The molecule has 1 heterocycles. The van der Waals surface area contributed by atoms with Crippen molar-refractivity contribution < 1.29 is 4.74 Å². The first kappa shape index (κ1) is 10.9. The summed E-state index contributed by atoms with van der Waals surface area (Å²) in [5, 5.41) is 7.96. The Hall–Kier alpha value is -1.20. The maximum Gasteiger partial charge on any atom is 0.102 e. The minimum Gasteiger partial charge on any atom is -0.378 e. The first-order valence-electron chi connectivity index (χ1n) is 4.43. The van der Waals surface area contributed by atoms with E-state index in [0.717, 1.165) is 17.0 Å². The lowest BCUT2D eigenvalue weighted by Gasteiger charge is -2.05. The third-order valence-corrected chi connectivity index (χ3v) is 1.81. The van der Waals surface area contributed by atoms with E-state index in [9.17, 15) is 0 Å². The number of rotatable bonds is 5. The summed E-state index contributed by atoms with van der Waals surface area (Å²) in [4.78, 5) is 0. The van der Waals surface area contributed by atoms with Gasteiger partial charge in [0.1, 0.15) is 5.69 Å². The van der Waals surface area contributed by atoms with Crippen molar-refractivity contribution in [1.29, 1.82) is 0 Å². The lowest BCUT2D eigenvalue weighted by molar-refractivity contribution is 0.176. The second-order valence-electron chi connectivity index (χ2n) is 3.23. The highest BCUT2D eigenvalue weighted by Crippen LogP contribution is 2.07. The molecular weight excluding hydrogens is 180 g/mol. The normalized spacial score (nSPS) is 10.5. The zero-order chi connectivity index (χ0) is 10.6. The third kappa shape index (κ3) is 2.40. The largest absolute Gasteiger partial charge is 0.378 e. The topological polar surface area (TPSA) is 66.0 Å². The molecule has 0 spiro atoms. The second kappa shape index (κ2) is 4.88. The first-order chi connectivity index (χ1) is 6.69. The Morgan fingerprint density at radius 1 is 1.64 bits per heavy atom. The molecule has 1 aromatic heterocycles. The zero-order valence-electron chi connectivity index (χ0n) is 8.66. The number of ether oxygens (including phenoxy) is 1. The quantitative estimate of drug-likeness (QED) is 0.695. The van der Waals surface area contributed by atoms with Crippen LogP contribution in [-0.4, -0.2) is 22.1 Å². The molecule has 0 atom stereocenters. The smallest absolute Gasteiger partial charge is 0.102 e. The molecule has 0 radical (unpaired) electrons. The van der Waals surface area contributed by atoms with Crippen molar-refractivity contribution in [3.63, 3.8) is 0 Å². The van der Waals surface area contributed by atoms with Crippen molar-refractivity contribution in [2.75, 3.05) is 7.11 Å². The number of nitrogens with zero attached hydrogens (tertiary/aromatic N) is 3. The number of hydrogen-bond donors (Lipinski definition) is 1. The van der Waals surface area contributed by atoms with Crippen molar-refractivity contribution in [2.24, 2.45) is 5.73 Å². The minimum atomic E-state index is 0.384. The van der Waals surface area contributed by atoms with Crippen LogP contribution in [0.25, 0.3) is 0 Å². The van der Waals surface area contributed by atoms with Crippen LogP contribution in [0.4, 0.5) is 0 Å². The highest BCUT2D eigenvalue weighted by atomic mass is 16.5. The minimum absolute atomic E-state index is 0.384. The fourth-order valence-corrected chi connectivity index (χ4v) is 1.20. The van der Waals surface area contributed by atoms with Gasteiger partial charge in [-0.1, -0.05) is 17.4 Å². The molecule has 0 aliphatic rings. The molecule has 0 saturated carbocycles. The predicted octanol–water partition coefficient (Wildman–Crippen LogP) is 0.459. The highest BCUT2D eigenvalue weighted by Gasteiger charge is 2.10. The fraction of sp³-hybridized carbons (Fsp3) is 0.556. The van der Waals surface area contributed by atoms with Gasteiger partial charge in [0.2, 0.25) is 0 Å². The van der Waals surface area contributed by atoms with Crippen LogP contribution in [-0.2, 0) is 24.4 Å². The van der Waals surface area contributed by atoms with Crippen molar-refractivity contribution in [1.82, 2.24) is 15.0 Å². The van der Waals surface area contributed by atoms with E-state index in [1.54, 1.807) is 11.8 Å². The Balaban J connectivity index is 2.91. The van der Waals surface area contributed by atoms with E-state index in [1.807, 2.05) is 6.92 Å². The van der Waals surface area contributed by atoms with Gasteiger partial charge < -0.3 is 10.5 Å². The third-order valence-electron chi connectivity index (χ3n) is 1.81.